The lowest BCUT2D eigenvalue weighted by atomic mass is 9.72. The van der Waals surface area contributed by atoms with E-state index >= 15 is 0 Å². The number of benzene rings is 1. The molecule has 1 aliphatic rings. The van der Waals surface area contributed by atoms with Gasteiger partial charge in [0.15, 0.2) is 0 Å². The summed E-state index contributed by atoms with van der Waals surface area (Å²) in [5, 5.41) is 21.9. The molecule has 7 nitrogen and oxygen atoms in total. The van der Waals surface area contributed by atoms with E-state index in [0.29, 0.717) is 18.4 Å². The van der Waals surface area contributed by atoms with Crippen LogP contribution >= 0.6 is 0 Å². The minimum absolute atomic E-state index is 0.000228. The van der Waals surface area contributed by atoms with E-state index in [-0.39, 0.29) is 29.7 Å². The molecule has 2 atom stereocenters. The standard InChI is InChI=1S/C15H20BNO6/c1-9(22-2)6-7-13(18)17-12-8-10-4-3-5-11(15(19)20)14(10)23-16(12)21/h3-5,9,12,21H,6-8H2,1-2H3,(H,17,18)(H,19,20)/t9?,12-/m0/s1. The van der Waals surface area contributed by atoms with Crippen molar-refractivity contribution in [3.05, 3.63) is 29.3 Å². The molecule has 0 spiro atoms. The van der Waals surface area contributed by atoms with Gasteiger partial charge in [-0.2, -0.15) is 0 Å². The Morgan fingerprint density at radius 1 is 1.52 bits per heavy atom. The number of rotatable bonds is 6. The van der Waals surface area contributed by atoms with Crippen LogP contribution in [0.4, 0.5) is 0 Å². The second-order valence-electron chi connectivity index (χ2n) is 5.57. The molecule has 0 saturated carbocycles. The second kappa shape index (κ2) is 7.48. The number of para-hydroxylation sites is 1. The maximum absolute atomic E-state index is 11.9. The first-order chi connectivity index (χ1) is 10.9. The van der Waals surface area contributed by atoms with Crippen molar-refractivity contribution in [1.82, 2.24) is 5.32 Å². The maximum Gasteiger partial charge on any atom is 0.547 e. The van der Waals surface area contributed by atoms with Gasteiger partial charge >= 0.3 is 13.1 Å². The lowest BCUT2D eigenvalue weighted by molar-refractivity contribution is -0.122. The van der Waals surface area contributed by atoms with Gasteiger partial charge in [-0.1, -0.05) is 12.1 Å². The number of methoxy groups -OCH3 is 1. The van der Waals surface area contributed by atoms with Crippen LogP contribution in [0.15, 0.2) is 18.2 Å². The average molecular weight is 321 g/mol. The molecule has 1 aromatic rings. The van der Waals surface area contributed by atoms with Gasteiger partial charge in [0.25, 0.3) is 0 Å². The average Bonchev–Trinajstić information content (AvgIpc) is 2.52. The second-order valence-corrected chi connectivity index (χ2v) is 5.57. The first-order valence-electron chi connectivity index (χ1n) is 7.44. The fourth-order valence-electron chi connectivity index (χ4n) is 2.45. The molecule has 1 unspecified atom stereocenters. The molecule has 0 saturated heterocycles. The zero-order chi connectivity index (χ0) is 17.0. The third-order valence-electron chi connectivity index (χ3n) is 3.88. The Balaban J connectivity index is 2.03. The smallest absolute Gasteiger partial charge is 0.534 e. The van der Waals surface area contributed by atoms with Crippen LogP contribution in [0.25, 0.3) is 0 Å². The van der Waals surface area contributed by atoms with Crippen LogP contribution in [-0.4, -0.2) is 48.3 Å². The van der Waals surface area contributed by atoms with Crippen molar-refractivity contribution < 1.29 is 29.1 Å². The number of hydrogen-bond acceptors (Lipinski definition) is 5. The first kappa shape index (κ1) is 17.3. The van der Waals surface area contributed by atoms with Gasteiger partial charge in [0.2, 0.25) is 5.91 Å². The summed E-state index contributed by atoms with van der Waals surface area (Å²) in [6.45, 7) is 1.87. The lowest BCUT2D eigenvalue weighted by Crippen LogP contribution is -2.53. The van der Waals surface area contributed by atoms with Gasteiger partial charge in [0.1, 0.15) is 5.75 Å². The van der Waals surface area contributed by atoms with Gasteiger partial charge < -0.3 is 24.8 Å². The van der Waals surface area contributed by atoms with Crippen LogP contribution in [0.3, 0.4) is 0 Å². The highest BCUT2D eigenvalue weighted by Crippen LogP contribution is 2.30. The van der Waals surface area contributed by atoms with Crippen molar-refractivity contribution in [3.8, 4) is 5.75 Å². The van der Waals surface area contributed by atoms with Crippen LogP contribution in [0.2, 0.25) is 0 Å². The molecule has 124 valence electrons. The molecule has 2 rings (SSSR count). The minimum atomic E-state index is -1.29. The monoisotopic (exact) mass is 321 g/mol. The summed E-state index contributed by atoms with van der Waals surface area (Å²) in [5.74, 6) is -1.78. The molecule has 0 radical (unpaired) electrons. The Kier molecular flexibility index (Phi) is 5.62. The summed E-state index contributed by atoms with van der Waals surface area (Å²) in [5.41, 5.74) is 0.644. The van der Waals surface area contributed by atoms with E-state index in [2.05, 4.69) is 5.32 Å². The normalized spacial score (nSPS) is 17.9. The first-order valence-corrected chi connectivity index (χ1v) is 7.44. The molecular weight excluding hydrogens is 301 g/mol. The van der Waals surface area contributed by atoms with Gasteiger partial charge in [0, 0.05) is 13.5 Å². The number of amides is 1. The summed E-state index contributed by atoms with van der Waals surface area (Å²) in [6, 6.07) is 4.75. The van der Waals surface area contributed by atoms with Crippen LogP contribution in [-0.2, 0) is 16.0 Å². The zero-order valence-electron chi connectivity index (χ0n) is 13.1. The molecule has 8 heteroatoms. The van der Waals surface area contributed by atoms with E-state index in [0.717, 1.165) is 0 Å². The Morgan fingerprint density at radius 2 is 2.26 bits per heavy atom. The van der Waals surface area contributed by atoms with Crippen molar-refractivity contribution >= 4 is 19.0 Å². The van der Waals surface area contributed by atoms with Crippen molar-refractivity contribution in [1.29, 1.82) is 0 Å². The molecular formula is C15H20BNO6. The number of carboxylic acid groups (broad SMARTS) is 1. The minimum Gasteiger partial charge on any atom is -0.534 e. The quantitative estimate of drug-likeness (QED) is 0.664. The number of carbonyl (C=O) groups is 2. The number of carbonyl (C=O) groups excluding carboxylic acids is 1. The molecule has 1 heterocycles. The van der Waals surface area contributed by atoms with Crippen molar-refractivity contribution in [2.45, 2.75) is 38.2 Å². The van der Waals surface area contributed by atoms with E-state index in [1.807, 2.05) is 6.92 Å². The fourth-order valence-corrected chi connectivity index (χ4v) is 2.45. The summed E-state index contributed by atoms with van der Waals surface area (Å²) in [6.07, 6.45) is 1.14. The third-order valence-corrected chi connectivity index (χ3v) is 3.88. The summed E-state index contributed by atoms with van der Waals surface area (Å²) >= 11 is 0. The van der Waals surface area contributed by atoms with Gasteiger partial charge in [0.05, 0.1) is 17.6 Å². The van der Waals surface area contributed by atoms with Crippen molar-refractivity contribution in [2.24, 2.45) is 0 Å². The Morgan fingerprint density at radius 3 is 2.91 bits per heavy atom. The number of ether oxygens (including phenoxy) is 1. The Hall–Kier alpha value is -2.06. The number of nitrogens with one attached hydrogen (secondary N) is 1. The fraction of sp³-hybridized carbons (Fsp3) is 0.467. The van der Waals surface area contributed by atoms with E-state index in [4.69, 9.17) is 14.5 Å². The van der Waals surface area contributed by atoms with Crippen molar-refractivity contribution in [3.63, 3.8) is 0 Å². The largest absolute Gasteiger partial charge is 0.547 e. The van der Waals surface area contributed by atoms with Gasteiger partial charge in [-0.3, -0.25) is 4.79 Å². The Labute approximate surface area is 134 Å². The van der Waals surface area contributed by atoms with Crippen LogP contribution in [0, 0.1) is 0 Å². The molecule has 1 amide bonds. The predicted octanol–water partition coefficient (Wildman–Crippen LogP) is 0.639. The van der Waals surface area contributed by atoms with Gasteiger partial charge in [-0.05, 0) is 31.4 Å². The molecule has 0 bridgehead atoms. The number of aromatic carboxylic acids is 1. The van der Waals surface area contributed by atoms with Gasteiger partial charge in [-0.15, -0.1) is 0 Å². The highest BCUT2D eigenvalue weighted by Gasteiger charge is 2.37. The molecule has 1 aromatic carbocycles. The molecule has 0 fully saturated rings. The number of carboxylic acids is 1. The lowest BCUT2D eigenvalue weighted by Gasteiger charge is -2.29. The van der Waals surface area contributed by atoms with Crippen LogP contribution < -0.4 is 9.97 Å². The number of hydrogen-bond donors (Lipinski definition) is 3. The SMILES string of the molecule is COC(C)CCC(=O)N[C@H]1Cc2cccc(C(=O)O)c2OB1O. The predicted molar refractivity (Wildman–Crippen MR) is 83.3 cm³/mol. The molecule has 23 heavy (non-hydrogen) atoms. The molecule has 1 aliphatic heterocycles. The van der Waals surface area contributed by atoms with E-state index < -0.39 is 19.0 Å². The van der Waals surface area contributed by atoms with Crippen LogP contribution in [0.1, 0.15) is 35.7 Å². The molecule has 3 N–H and O–H groups in total. The summed E-state index contributed by atoms with van der Waals surface area (Å²) in [7, 11) is 0.296. The van der Waals surface area contributed by atoms with Gasteiger partial charge in [-0.25, -0.2) is 4.79 Å². The van der Waals surface area contributed by atoms with Crippen molar-refractivity contribution in [2.75, 3.05) is 7.11 Å². The van der Waals surface area contributed by atoms with E-state index in [1.165, 1.54) is 6.07 Å². The highest BCUT2D eigenvalue weighted by molar-refractivity contribution is 6.47. The van der Waals surface area contributed by atoms with E-state index in [9.17, 15) is 14.6 Å². The van der Waals surface area contributed by atoms with E-state index in [1.54, 1.807) is 19.2 Å². The summed E-state index contributed by atoms with van der Waals surface area (Å²) in [4.78, 5) is 23.1. The number of fused-ring (bicyclic) bond motifs is 1. The molecule has 0 aliphatic carbocycles. The highest BCUT2D eigenvalue weighted by atomic mass is 16.5. The third kappa shape index (κ3) is 4.23. The van der Waals surface area contributed by atoms with Crippen LogP contribution in [0.5, 0.6) is 5.75 Å². The topological polar surface area (TPSA) is 105 Å². The maximum atomic E-state index is 11.9. The zero-order valence-corrected chi connectivity index (χ0v) is 13.1. The Bertz CT molecular complexity index is 593. The molecule has 0 aromatic heterocycles. The summed E-state index contributed by atoms with van der Waals surface area (Å²) < 4.78 is 10.4.